The second-order valence-electron chi connectivity index (χ2n) is 6.15. The van der Waals surface area contributed by atoms with Crippen molar-refractivity contribution >= 4 is 28.2 Å². The summed E-state index contributed by atoms with van der Waals surface area (Å²) in [5.74, 6) is 0.908. The lowest BCUT2D eigenvalue weighted by atomic mass is 9.98. The van der Waals surface area contributed by atoms with Crippen LogP contribution in [0.5, 0.6) is 0 Å². The summed E-state index contributed by atoms with van der Waals surface area (Å²) in [4.78, 5) is 4.52. The molecule has 1 aromatic heterocycles. The molecule has 0 saturated heterocycles. The molecule has 1 saturated carbocycles. The van der Waals surface area contributed by atoms with Gasteiger partial charge in [-0.3, -0.25) is 4.98 Å². The van der Waals surface area contributed by atoms with Gasteiger partial charge in [0.05, 0.1) is 11.2 Å². The van der Waals surface area contributed by atoms with Crippen LogP contribution in [0.15, 0.2) is 30.5 Å². The summed E-state index contributed by atoms with van der Waals surface area (Å²) in [6.45, 7) is 2.31. The zero-order valence-electron chi connectivity index (χ0n) is 12.6. The standard InChI is InChI=1S/C18H23ClN2/c1-2-13-5-3-7-16(9-8-13)21-17-12-15(19)11-14-6-4-10-20-18(14)17/h4,6,10-13,16,21H,2-3,5,7-9H2,1H3. The molecule has 0 bridgehead atoms. The predicted octanol–water partition coefficient (Wildman–Crippen LogP) is 5.66. The van der Waals surface area contributed by atoms with E-state index in [0.29, 0.717) is 6.04 Å². The minimum Gasteiger partial charge on any atom is -0.381 e. The quantitative estimate of drug-likeness (QED) is 0.740. The van der Waals surface area contributed by atoms with Crippen LogP contribution in [0, 0.1) is 5.92 Å². The maximum absolute atomic E-state index is 6.25. The summed E-state index contributed by atoms with van der Waals surface area (Å²) in [7, 11) is 0. The van der Waals surface area contributed by atoms with Gasteiger partial charge < -0.3 is 5.32 Å². The van der Waals surface area contributed by atoms with Crippen LogP contribution in [0.4, 0.5) is 5.69 Å². The minimum absolute atomic E-state index is 0.547. The van der Waals surface area contributed by atoms with Crippen molar-refractivity contribution in [3.05, 3.63) is 35.5 Å². The maximum Gasteiger partial charge on any atom is 0.0934 e. The fourth-order valence-corrected chi connectivity index (χ4v) is 3.64. The van der Waals surface area contributed by atoms with Crippen LogP contribution in [0.1, 0.15) is 45.4 Å². The van der Waals surface area contributed by atoms with Crippen molar-refractivity contribution < 1.29 is 0 Å². The molecule has 1 aliphatic rings. The molecule has 112 valence electrons. The molecule has 0 amide bonds. The highest BCUT2D eigenvalue weighted by Crippen LogP contribution is 2.31. The highest BCUT2D eigenvalue weighted by molar-refractivity contribution is 6.31. The number of hydrogen-bond acceptors (Lipinski definition) is 2. The van der Waals surface area contributed by atoms with Crippen molar-refractivity contribution in [3.63, 3.8) is 0 Å². The third-order valence-corrected chi connectivity index (χ3v) is 4.91. The second-order valence-corrected chi connectivity index (χ2v) is 6.59. The third-order valence-electron chi connectivity index (χ3n) is 4.69. The summed E-state index contributed by atoms with van der Waals surface area (Å²) in [5, 5.41) is 5.58. The Balaban J connectivity index is 1.81. The fourth-order valence-electron chi connectivity index (χ4n) is 3.42. The lowest BCUT2D eigenvalue weighted by molar-refractivity contribution is 0.444. The van der Waals surface area contributed by atoms with Gasteiger partial charge in [0.2, 0.25) is 0 Å². The highest BCUT2D eigenvalue weighted by atomic mass is 35.5. The molecule has 0 radical (unpaired) electrons. The number of nitrogens with one attached hydrogen (secondary N) is 1. The van der Waals surface area contributed by atoms with Gasteiger partial charge in [0.1, 0.15) is 0 Å². The van der Waals surface area contributed by atoms with E-state index in [9.17, 15) is 0 Å². The number of pyridine rings is 1. The van der Waals surface area contributed by atoms with E-state index in [1.54, 1.807) is 0 Å². The van der Waals surface area contributed by atoms with Crippen molar-refractivity contribution in [1.29, 1.82) is 0 Å². The first-order valence-corrected chi connectivity index (χ1v) is 8.45. The smallest absolute Gasteiger partial charge is 0.0934 e. The Labute approximate surface area is 131 Å². The average molecular weight is 303 g/mol. The number of benzene rings is 1. The first-order chi connectivity index (χ1) is 10.3. The number of rotatable bonds is 3. The molecule has 21 heavy (non-hydrogen) atoms. The van der Waals surface area contributed by atoms with Crippen LogP contribution < -0.4 is 5.32 Å². The molecular formula is C18H23ClN2. The van der Waals surface area contributed by atoms with Gasteiger partial charge in [-0.15, -0.1) is 0 Å². The van der Waals surface area contributed by atoms with E-state index in [2.05, 4.69) is 23.3 Å². The van der Waals surface area contributed by atoms with Gasteiger partial charge in [-0.25, -0.2) is 0 Å². The van der Waals surface area contributed by atoms with Crippen LogP contribution in [0.25, 0.3) is 10.9 Å². The molecular weight excluding hydrogens is 280 g/mol. The van der Waals surface area contributed by atoms with Crippen molar-refractivity contribution in [1.82, 2.24) is 4.98 Å². The molecule has 0 spiro atoms. The van der Waals surface area contributed by atoms with Crippen LogP contribution in [-0.4, -0.2) is 11.0 Å². The molecule has 2 nitrogen and oxygen atoms in total. The zero-order chi connectivity index (χ0) is 14.7. The first-order valence-electron chi connectivity index (χ1n) is 8.07. The first kappa shape index (κ1) is 14.6. The van der Waals surface area contributed by atoms with Crippen molar-refractivity contribution in [2.24, 2.45) is 5.92 Å². The van der Waals surface area contributed by atoms with E-state index in [4.69, 9.17) is 11.6 Å². The molecule has 2 aromatic rings. The summed E-state index contributed by atoms with van der Waals surface area (Å²) < 4.78 is 0. The molecule has 2 atom stereocenters. The van der Waals surface area contributed by atoms with Crippen LogP contribution in [-0.2, 0) is 0 Å². The Kier molecular flexibility index (Phi) is 4.64. The SMILES string of the molecule is CCC1CCCC(Nc2cc(Cl)cc3cccnc23)CC1. The number of fused-ring (bicyclic) bond motifs is 1. The predicted molar refractivity (Wildman–Crippen MR) is 91.0 cm³/mol. The Morgan fingerprint density at radius 3 is 3.00 bits per heavy atom. The van der Waals surface area contributed by atoms with Gasteiger partial charge >= 0.3 is 0 Å². The molecule has 1 N–H and O–H groups in total. The Morgan fingerprint density at radius 2 is 2.14 bits per heavy atom. The molecule has 2 unspecified atom stereocenters. The topological polar surface area (TPSA) is 24.9 Å². The van der Waals surface area contributed by atoms with Crippen molar-refractivity contribution in [2.45, 2.75) is 51.5 Å². The van der Waals surface area contributed by atoms with Crippen LogP contribution in [0.3, 0.4) is 0 Å². The summed E-state index contributed by atoms with van der Waals surface area (Å²) in [5.41, 5.74) is 2.11. The van der Waals surface area contributed by atoms with E-state index in [0.717, 1.165) is 27.5 Å². The Morgan fingerprint density at radius 1 is 1.24 bits per heavy atom. The average Bonchev–Trinajstić information content (AvgIpc) is 2.72. The Bertz CT molecular complexity index is 611. The number of anilines is 1. The number of hydrogen-bond donors (Lipinski definition) is 1. The number of halogens is 1. The van der Waals surface area contributed by atoms with E-state index in [1.807, 2.05) is 24.4 Å². The molecule has 1 aromatic carbocycles. The molecule has 3 rings (SSSR count). The lowest BCUT2D eigenvalue weighted by Gasteiger charge is -2.19. The van der Waals surface area contributed by atoms with Crippen molar-refractivity contribution in [3.8, 4) is 0 Å². The minimum atomic E-state index is 0.547. The van der Waals surface area contributed by atoms with E-state index in [-0.39, 0.29) is 0 Å². The van der Waals surface area contributed by atoms with Gasteiger partial charge in [-0.1, -0.05) is 43.9 Å². The molecule has 0 aliphatic heterocycles. The van der Waals surface area contributed by atoms with Gasteiger partial charge in [0.25, 0.3) is 0 Å². The normalized spacial score (nSPS) is 23.0. The number of aromatic nitrogens is 1. The molecule has 3 heteroatoms. The van der Waals surface area contributed by atoms with E-state index < -0.39 is 0 Å². The Hall–Kier alpha value is -1.28. The second kappa shape index (κ2) is 6.65. The highest BCUT2D eigenvalue weighted by Gasteiger charge is 2.18. The van der Waals surface area contributed by atoms with Crippen molar-refractivity contribution in [2.75, 3.05) is 5.32 Å². The molecule has 1 heterocycles. The summed E-state index contributed by atoms with van der Waals surface area (Å²) in [6.07, 6.45) is 9.69. The van der Waals surface area contributed by atoms with Gasteiger partial charge in [-0.2, -0.15) is 0 Å². The van der Waals surface area contributed by atoms with Gasteiger partial charge in [0, 0.05) is 22.6 Å². The van der Waals surface area contributed by atoms with E-state index in [1.165, 1.54) is 38.5 Å². The van der Waals surface area contributed by atoms with E-state index >= 15 is 0 Å². The molecule has 1 fully saturated rings. The van der Waals surface area contributed by atoms with Crippen LogP contribution >= 0.6 is 11.6 Å². The zero-order valence-corrected chi connectivity index (χ0v) is 13.4. The third kappa shape index (κ3) is 3.49. The lowest BCUT2D eigenvalue weighted by Crippen LogP contribution is -2.18. The fraction of sp³-hybridized carbons (Fsp3) is 0.500. The summed E-state index contributed by atoms with van der Waals surface area (Å²) >= 11 is 6.25. The largest absolute Gasteiger partial charge is 0.381 e. The monoisotopic (exact) mass is 302 g/mol. The van der Waals surface area contributed by atoms with Crippen LogP contribution in [0.2, 0.25) is 5.02 Å². The molecule has 1 aliphatic carbocycles. The summed E-state index contributed by atoms with van der Waals surface area (Å²) in [6, 6.07) is 8.57. The number of nitrogens with zero attached hydrogens (tertiary/aromatic N) is 1. The van der Waals surface area contributed by atoms with Gasteiger partial charge in [-0.05, 0) is 43.4 Å². The maximum atomic E-state index is 6.25. The van der Waals surface area contributed by atoms with Gasteiger partial charge in [0.15, 0.2) is 0 Å².